The molecule has 0 amide bonds. The molecule has 0 radical (unpaired) electrons. The molecule has 102 valence electrons. The van der Waals surface area contributed by atoms with Gasteiger partial charge >= 0.3 is 6.16 Å². The third-order valence-electron chi connectivity index (χ3n) is 2.62. The van der Waals surface area contributed by atoms with Crippen LogP contribution in [0, 0.1) is 17.3 Å². The first-order chi connectivity index (χ1) is 7.63. The summed E-state index contributed by atoms with van der Waals surface area (Å²) < 4.78 is 10.4. The molecule has 0 saturated heterocycles. The fourth-order valence-electron chi connectivity index (χ4n) is 1.63. The van der Waals surface area contributed by atoms with Gasteiger partial charge in [-0.1, -0.05) is 48.5 Å². The Bertz CT molecular complexity index is 218. The van der Waals surface area contributed by atoms with E-state index in [1.807, 2.05) is 27.7 Å². The summed E-state index contributed by atoms with van der Waals surface area (Å²) in [6.07, 6.45) is 0.231. The lowest BCUT2D eigenvalue weighted by atomic mass is 9.93. The number of carbonyl (C=O) groups excluding carboxylic acids is 1. The van der Waals surface area contributed by atoms with Crippen molar-refractivity contribution in [1.82, 2.24) is 0 Å². The molecule has 0 saturated carbocycles. The van der Waals surface area contributed by atoms with Crippen molar-refractivity contribution in [1.29, 1.82) is 0 Å². The Morgan fingerprint density at radius 2 is 1.53 bits per heavy atom. The summed E-state index contributed by atoms with van der Waals surface area (Å²) in [7, 11) is 0. The zero-order valence-corrected chi connectivity index (χ0v) is 12.4. The fraction of sp³-hybridized carbons (Fsp3) is 0.929. The molecular weight excluding hydrogens is 216 g/mol. The molecule has 0 unspecified atom stereocenters. The molecule has 0 spiro atoms. The normalized spacial score (nSPS) is 12.4. The van der Waals surface area contributed by atoms with Gasteiger partial charge in [0.2, 0.25) is 0 Å². The van der Waals surface area contributed by atoms with Gasteiger partial charge in [0.15, 0.2) is 0 Å². The third-order valence-corrected chi connectivity index (χ3v) is 2.62. The van der Waals surface area contributed by atoms with Crippen LogP contribution in [0.1, 0.15) is 54.9 Å². The zero-order chi connectivity index (χ0) is 13.6. The predicted molar refractivity (Wildman–Crippen MR) is 70.0 cm³/mol. The fourth-order valence-corrected chi connectivity index (χ4v) is 1.63. The van der Waals surface area contributed by atoms with Crippen molar-refractivity contribution in [3.63, 3.8) is 0 Å². The zero-order valence-electron chi connectivity index (χ0n) is 12.4. The van der Waals surface area contributed by atoms with Gasteiger partial charge in [-0.25, -0.2) is 4.79 Å². The van der Waals surface area contributed by atoms with E-state index in [4.69, 9.17) is 9.47 Å². The molecule has 0 bridgehead atoms. The second-order valence-electron chi connectivity index (χ2n) is 6.48. The minimum atomic E-state index is -0.540. The molecule has 3 heteroatoms. The van der Waals surface area contributed by atoms with Crippen LogP contribution in [0.3, 0.4) is 0 Å². The predicted octanol–water partition coefficient (Wildman–Crippen LogP) is 4.26. The SMILES string of the molecule is CC(C)C(OC(=O)OCCC(C)(C)C)C(C)C. The van der Waals surface area contributed by atoms with E-state index >= 15 is 0 Å². The van der Waals surface area contributed by atoms with Gasteiger partial charge < -0.3 is 9.47 Å². The van der Waals surface area contributed by atoms with Gasteiger partial charge in [0, 0.05) is 0 Å². The maximum absolute atomic E-state index is 11.5. The highest BCUT2D eigenvalue weighted by Gasteiger charge is 2.23. The molecule has 0 aromatic carbocycles. The summed E-state index contributed by atoms with van der Waals surface area (Å²) >= 11 is 0. The number of ether oxygens (including phenoxy) is 2. The Labute approximate surface area is 106 Å². The van der Waals surface area contributed by atoms with Gasteiger partial charge in [0.1, 0.15) is 6.10 Å². The summed E-state index contributed by atoms with van der Waals surface area (Å²) in [5.74, 6) is 0.621. The summed E-state index contributed by atoms with van der Waals surface area (Å²) in [6.45, 7) is 15.0. The molecular formula is C14H28O3. The minimum Gasteiger partial charge on any atom is -0.434 e. The highest BCUT2D eigenvalue weighted by molar-refractivity contribution is 5.60. The smallest absolute Gasteiger partial charge is 0.434 e. The molecule has 3 nitrogen and oxygen atoms in total. The first-order valence-corrected chi connectivity index (χ1v) is 6.47. The van der Waals surface area contributed by atoms with Gasteiger partial charge in [-0.05, 0) is 23.7 Å². The third kappa shape index (κ3) is 8.06. The summed E-state index contributed by atoms with van der Waals surface area (Å²) in [5, 5.41) is 0. The largest absolute Gasteiger partial charge is 0.508 e. The first-order valence-electron chi connectivity index (χ1n) is 6.47. The van der Waals surface area contributed by atoms with Crippen molar-refractivity contribution in [2.75, 3.05) is 6.61 Å². The Balaban J connectivity index is 4.00. The van der Waals surface area contributed by atoms with E-state index in [9.17, 15) is 4.79 Å². The molecule has 0 aliphatic heterocycles. The average Bonchev–Trinajstić information content (AvgIpc) is 2.10. The van der Waals surface area contributed by atoms with Crippen LogP contribution in [-0.4, -0.2) is 18.9 Å². The van der Waals surface area contributed by atoms with E-state index in [2.05, 4.69) is 20.8 Å². The highest BCUT2D eigenvalue weighted by Crippen LogP contribution is 2.19. The van der Waals surface area contributed by atoms with Crippen molar-refractivity contribution in [3.8, 4) is 0 Å². The average molecular weight is 244 g/mol. The Morgan fingerprint density at radius 3 is 1.88 bits per heavy atom. The van der Waals surface area contributed by atoms with Crippen molar-refractivity contribution in [3.05, 3.63) is 0 Å². The van der Waals surface area contributed by atoms with Gasteiger partial charge in [0.25, 0.3) is 0 Å². The van der Waals surface area contributed by atoms with Crippen LogP contribution in [-0.2, 0) is 9.47 Å². The molecule has 0 aliphatic carbocycles. The van der Waals surface area contributed by atoms with Crippen LogP contribution in [0.4, 0.5) is 4.79 Å². The van der Waals surface area contributed by atoms with E-state index in [0.29, 0.717) is 18.4 Å². The van der Waals surface area contributed by atoms with E-state index in [0.717, 1.165) is 6.42 Å². The number of hydrogen-bond acceptors (Lipinski definition) is 3. The standard InChI is InChI=1S/C14H28O3/c1-10(2)12(11(3)4)17-13(15)16-9-8-14(5,6)7/h10-12H,8-9H2,1-7H3. The Kier molecular flexibility index (Phi) is 6.58. The lowest BCUT2D eigenvalue weighted by Crippen LogP contribution is -2.29. The second kappa shape index (κ2) is 6.87. The van der Waals surface area contributed by atoms with Crippen LogP contribution >= 0.6 is 0 Å². The van der Waals surface area contributed by atoms with E-state index in [-0.39, 0.29) is 11.5 Å². The summed E-state index contributed by atoms with van der Waals surface area (Å²) in [4.78, 5) is 11.5. The van der Waals surface area contributed by atoms with Gasteiger partial charge in [0.05, 0.1) is 6.61 Å². The molecule has 0 aliphatic rings. The lowest BCUT2D eigenvalue weighted by Gasteiger charge is -2.24. The van der Waals surface area contributed by atoms with Crippen LogP contribution in [0.5, 0.6) is 0 Å². The quantitative estimate of drug-likeness (QED) is 0.678. The molecule has 0 aromatic heterocycles. The van der Waals surface area contributed by atoms with E-state index < -0.39 is 6.16 Å². The van der Waals surface area contributed by atoms with Crippen molar-refractivity contribution < 1.29 is 14.3 Å². The summed E-state index contributed by atoms with van der Waals surface area (Å²) in [6, 6.07) is 0. The molecule has 0 rings (SSSR count). The second-order valence-corrected chi connectivity index (χ2v) is 6.48. The van der Waals surface area contributed by atoms with E-state index in [1.165, 1.54) is 0 Å². The molecule has 17 heavy (non-hydrogen) atoms. The van der Waals surface area contributed by atoms with Crippen molar-refractivity contribution >= 4 is 6.16 Å². The first kappa shape index (κ1) is 16.3. The van der Waals surface area contributed by atoms with Crippen molar-refractivity contribution in [2.24, 2.45) is 17.3 Å². The van der Waals surface area contributed by atoms with E-state index in [1.54, 1.807) is 0 Å². The number of rotatable bonds is 5. The number of hydrogen-bond donors (Lipinski definition) is 0. The van der Waals surface area contributed by atoms with Gasteiger partial charge in [-0.15, -0.1) is 0 Å². The maximum atomic E-state index is 11.5. The van der Waals surface area contributed by atoms with Crippen LogP contribution < -0.4 is 0 Å². The van der Waals surface area contributed by atoms with Gasteiger partial charge in [-0.2, -0.15) is 0 Å². The van der Waals surface area contributed by atoms with Crippen LogP contribution in [0.15, 0.2) is 0 Å². The Hall–Kier alpha value is -0.730. The molecule has 0 aromatic rings. The van der Waals surface area contributed by atoms with Crippen LogP contribution in [0.25, 0.3) is 0 Å². The number of carbonyl (C=O) groups is 1. The Morgan fingerprint density at radius 1 is 1.06 bits per heavy atom. The molecule has 0 heterocycles. The lowest BCUT2D eigenvalue weighted by molar-refractivity contribution is -0.0135. The summed E-state index contributed by atoms with van der Waals surface area (Å²) in [5.41, 5.74) is 0.176. The maximum Gasteiger partial charge on any atom is 0.508 e. The van der Waals surface area contributed by atoms with Gasteiger partial charge in [-0.3, -0.25) is 0 Å². The highest BCUT2D eigenvalue weighted by atomic mass is 16.7. The topological polar surface area (TPSA) is 35.5 Å². The molecule has 0 atom stereocenters. The molecule has 0 fully saturated rings. The van der Waals surface area contributed by atoms with Crippen molar-refractivity contribution in [2.45, 2.75) is 61.0 Å². The minimum absolute atomic E-state index is 0.0721. The molecule has 0 N–H and O–H groups in total. The van der Waals surface area contributed by atoms with Crippen LogP contribution in [0.2, 0.25) is 0 Å². The monoisotopic (exact) mass is 244 g/mol.